The standard InChI is InChI=1S/C32H37ClN2O3/c1-25(36)23-30(37)34-24-31(26-9-4-2-5-10-26,27-11-6-3-7-12-27)17-8-20-35-21-18-32(38,19-22-35)28-13-15-29(33)16-14-28/h2-7,9-16,38H,8,17-24H2,1H3,(H,34,37). The van der Waals surface area contributed by atoms with Gasteiger partial charge in [-0.3, -0.25) is 9.59 Å². The van der Waals surface area contributed by atoms with E-state index in [4.69, 9.17) is 11.6 Å². The Balaban J connectivity index is 1.47. The molecule has 0 atom stereocenters. The second-order valence-electron chi connectivity index (χ2n) is 10.5. The zero-order chi connectivity index (χ0) is 27.0. The first kappa shape index (κ1) is 28.0. The highest BCUT2D eigenvalue weighted by Crippen LogP contribution is 2.38. The van der Waals surface area contributed by atoms with Gasteiger partial charge in [-0.05, 0) is 68.0 Å². The third-order valence-corrected chi connectivity index (χ3v) is 8.04. The van der Waals surface area contributed by atoms with Crippen molar-refractivity contribution in [2.45, 2.75) is 50.0 Å². The summed E-state index contributed by atoms with van der Waals surface area (Å²) in [6.45, 7) is 4.40. The summed E-state index contributed by atoms with van der Waals surface area (Å²) in [6, 6.07) is 28.2. The van der Waals surface area contributed by atoms with E-state index in [9.17, 15) is 14.7 Å². The summed E-state index contributed by atoms with van der Waals surface area (Å²) in [4.78, 5) is 26.5. The van der Waals surface area contributed by atoms with Gasteiger partial charge >= 0.3 is 0 Å². The van der Waals surface area contributed by atoms with E-state index in [1.54, 1.807) is 0 Å². The van der Waals surface area contributed by atoms with Crippen molar-refractivity contribution in [3.05, 3.63) is 107 Å². The molecule has 3 aromatic rings. The predicted molar refractivity (Wildman–Crippen MR) is 152 cm³/mol. The summed E-state index contributed by atoms with van der Waals surface area (Å²) >= 11 is 6.04. The van der Waals surface area contributed by atoms with Gasteiger partial charge < -0.3 is 15.3 Å². The molecule has 1 aliphatic rings. The second kappa shape index (κ2) is 12.7. The van der Waals surface area contributed by atoms with Crippen molar-refractivity contribution in [3.8, 4) is 0 Å². The topological polar surface area (TPSA) is 69.6 Å². The molecule has 3 aromatic carbocycles. The highest BCUT2D eigenvalue weighted by atomic mass is 35.5. The van der Waals surface area contributed by atoms with Gasteiger partial charge in [0.1, 0.15) is 5.78 Å². The fourth-order valence-electron chi connectivity index (χ4n) is 5.60. The van der Waals surface area contributed by atoms with E-state index in [1.807, 2.05) is 60.7 Å². The molecule has 1 amide bonds. The number of nitrogens with one attached hydrogen (secondary N) is 1. The van der Waals surface area contributed by atoms with Crippen molar-refractivity contribution >= 4 is 23.3 Å². The van der Waals surface area contributed by atoms with E-state index in [0.717, 1.165) is 49.2 Å². The molecule has 1 heterocycles. The number of likely N-dealkylation sites (tertiary alicyclic amines) is 1. The number of amides is 1. The van der Waals surface area contributed by atoms with Gasteiger partial charge in [-0.2, -0.15) is 0 Å². The Morgan fingerprint density at radius 1 is 0.921 bits per heavy atom. The first-order valence-electron chi connectivity index (χ1n) is 13.4. The van der Waals surface area contributed by atoms with Gasteiger partial charge in [0, 0.05) is 30.1 Å². The van der Waals surface area contributed by atoms with Crippen LogP contribution in [0.5, 0.6) is 0 Å². The summed E-state index contributed by atoms with van der Waals surface area (Å²) in [5.74, 6) is -0.387. The predicted octanol–water partition coefficient (Wildman–Crippen LogP) is 5.49. The van der Waals surface area contributed by atoms with Crippen LogP contribution in [0.3, 0.4) is 0 Å². The Kier molecular flexibility index (Phi) is 9.37. The fourth-order valence-corrected chi connectivity index (χ4v) is 5.73. The van der Waals surface area contributed by atoms with E-state index in [-0.39, 0.29) is 18.1 Å². The lowest BCUT2D eigenvalue weighted by atomic mass is 9.71. The van der Waals surface area contributed by atoms with Crippen LogP contribution in [0.4, 0.5) is 0 Å². The van der Waals surface area contributed by atoms with Crippen LogP contribution < -0.4 is 5.32 Å². The number of ketones is 1. The Morgan fingerprint density at radius 3 is 2.00 bits per heavy atom. The maximum atomic E-state index is 12.5. The average molecular weight is 533 g/mol. The number of nitrogens with zero attached hydrogens (tertiary/aromatic N) is 1. The number of piperidine rings is 1. The Bertz CT molecular complexity index is 1150. The number of carbonyl (C=O) groups excluding carboxylic acids is 2. The number of halogens is 1. The van der Waals surface area contributed by atoms with Gasteiger partial charge in [-0.25, -0.2) is 0 Å². The van der Waals surface area contributed by atoms with Crippen LogP contribution in [0.25, 0.3) is 0 Å². The molecule has 0 aliphatic carbocycles. The zero-order valence-corrected chi connectivity index (χ0v) is 22.8. The van der Waals surface area contributed by atoms with Gasteiger partial charge in [-0.1, -0.05) is 84.4 Å². The van der Waals surface area contributed by atoms with Crippen molar-refractivity contribution in [3.63, 3.8) is 0 Å². The van der Waals surface area contributed by atoms with Gasteiger partial charge in [0.15, 0.2) is 0 Å². The molecule has 1 aliphatic heterocycles. The van der Waals surface area contributed by atoms with Crippen LogP contribution in [0.2, 0.25) is 5.02 Å². The average Bonchev–Trinajstić information content (AvgIpc) is 2.93. The third-order valence-electron chi connectivity index (χ3n) is 7.79. The molecule has 0 aromatic heterocycles. The van der Waals surface area contributed by atoms with Crippen LogP contribution in [-0.4, -0.2) is 47.9 Å². The highest BCUT2D eigenvalue weighted by Gasteiger charge is 2.36. The number of Topliss-reactive ketones (excluding diaryl/α,β-unsaturated/α-hetero) is 1. The molecular weight excluding hydrogens is 496 g/mol. The van der Waals surface area contributed by atoms with Crippen LogP contribution >= 0.6 is 11.6 Å². The van der Waals surface area contributed by atoms with Crippen molar-refractivity contribution in [2.24, 2.45) is 0 Å². The lowest BCUT2D eigenvalue weighted by Crippen LogP contribution is -2.44. The number of rotatable bonds is 11. The van der Waals surface area contributed by atoms with Crippen LogP contribution in [-0.2, 0) is 20.6 Å². The monoisotopic (exact) mass is 532 g/mol. The molecule has 200 valence electrons. The summed E-state index contributed by atoms with van der Waals surface area (Å²) in [6.07, 6.45) is 3.01. The third kappa shape index (κ3) is 6.90. The first-order chi connectivity index (χ1) is 18.3. The Morgan fingerprint density at radius 2 is 1.47 bits per heavy atom. The van der Waals surface area contributed by atoms with Crippen LogP contribution in [0.15, 0.2) is 84.9 Å². The lowest BCUT2D eigenvalue weighted by Gasteiger charge is -2.40. The quantitative estimate of drug-likeness (QED) is 0.321. The molecule has 0 spiro atoms. The molecule has 0 radical (unpaired) electrons. The zero-order valence-electron chi connectivity index (χ0n) is 22.0. The fraction of sp³-hybridized carbons (Fsp3) is 0.375. The number of carbonyl (C=O) groups is 2. The number of benzene rings is 3. The molecule has 5 nitrogen and oxygen atoms in total. The minimum atomic E-state index is -0.820. The summed E-state index contributed by atoms with van der Waals surface area (Å²) < 4.78 is 0. The molecule has 4 rings (SSSR count). The normalized spacial score (nSPS) is 15.7. The van der Waals surface area contributed by atoms with Gasteiger partial charge in [-0.15, -0.1) is 0 Å². The molecule has 38 heavy (non-hydrogen) atoms. The van der Waals surface area contributed by atoms with Crippen molar-refractivity contribution in [1.29, 1.82) is 0 Å². The molecule has 6 heteroatoms. The maximum absolute atomic E-state index is 12.5. The molecular formula is C32H37ClN2O3. The summed E-state index contributed by atoms with van der Waals surface area (Å²) in [7, 11) is 0. The smallest absolute Gasteiger partial charge is 0.227 e. The van der Waals surface area contributed by atoms with Gasteiger partial charge in [0.2, 0.25) is 5.91 Å². The van der Waals surface area contributed by atoms with Crippen molar-refractivity contribution < 1.29 is 14.7 Å². The van der Waals surface area contributed by atoms with Crippen molar-refractivity contribution in [1.82, 2.24) is 10.2 Å². The maximum Gasteiger partial charge on any atom is 0.227 e. The van der Waals surface area contributed by atoms with E-state index in [1.165, 1.54) is 6.92 Å². The van der Waals surface area contributed by atoms with Gasteiger partial charge in [0.05, 0.1) is 12.0 Å². The minimum Gasteiger partial charge on any atom is -0.385 e. The minimum absolute atomic E-state index is 0.107. The highest BCUT2D eigenvalue weighted by molar-refractivity contribution is 6.30. The Labute approximate surface area is 230 Å². The van der Waals surface area contributed by atoms with E-state index >= 15 is 0 Å². The molecule has 0 bridgehead atoms. The molecule has 0 saturated carbocycles. The van der Waals surface area contributed by atoms with E-state index < -0.39 is 11.0 Å². The second-order valence-corrected chi connectivity index (χ2v) is 10.9. The van der Waals surface area contributed by atoms with Crippen molar-refractivity contribution in [2.75, 3.05) is 26.2 Å². The van der Waals surface area contributed by atoms with Crippen LogP contribution in [0, 0.1) is 0 Å². The molecule has 1 saturated heterocycles. The molecule has 1 fully saturated rings. The first-order valence-corrected chi connectivity index (χ1v) is 13.8. The van der Waals surface area contributed by atoms with E-state index in [0.29, 0.717) is 24.4 Å². The molecule has 0 unspecified atom stereocenters. The van der Waals surface area contributed by atoms with E-state index in [2.05, 4.69) is 34.5 Å². The number of hydrogen-bond donors (Lipinski definition) is 2. The molecule has 2 N–H and O–H groups in total. The number of hydrogen-bond acceptors (Lipinski definition) is 4. The lowest BCUT2D eigenvalue weighted by molar-refractivity contribution is -0.127. The largest absolute Gasteiger partial charge is 0.385 e. The van der Waals surface area contributed by atoms with Crippen LogP contribution in [0.1, 0.15) is 55.7 Å². The summed E-state index contributed by atoms with van der Waals surface area (Å²) in [5, 5.41) is 15.0. The SMILES string of the molecule is CC(=O)CC(=O)NCC(CCCN1CCC(O)(c2ccc(Cl)cc2)CC1)(c1ccccc1)c1ccccc1. The van der Waals surface area contributed by atoms with Gasteiger partial charge in [0.25, 0.3) is 0 Å². The number of aliphatic hydroxyl groups is 1. The Hall–Kier alpha value is -2.99. The summed E-state index contributed by atoms with van der Waals surface area (Å²) in [5.41, 5.74) is 1.97.